The molecule has 1 atom stereocenters. The summed E-state index contributed by atoms with van der Waals surface area (Å²) in [7, 11) is -2.06. The number of piperidine rings is 1. The molecule has 1 aliphatic rings. The molecular formula is C17H21N3O3S. The van der Waals surface area contributed by atoms with Gasteiger partial charge in [0.15, 0.2) is 0 Å². The third-order valence-electron chi connectivity index (χ3n) is 4.07. The summed E-state index contributed by atoms with van der Waals surface area (Å²) >= 11 is 0. The lowest BCUT2D eigenvalue weighted by Crippen LogP contribution is -2.47. The molecular weight excluding hydrogens is 326 g/mol. The van der Waals surface area contributed by atoms with Crippen LogP contribution in [0.2, 0.25) is 0 Å². The van der Waals surface area contributed by atoms with Crippen LogP contribution in [0.25, 0.3) is 0 Å². The minimum absolute atomic E-state index is 0.142. The first-order valence-corrected chi connectivity index (χ1v) is 9.39. The number of hydrogen-bond donors (Lipinski definition) is 1. The van der Waals surface area contributed by atoms with Crippen molar-refractivity contribution in [1.29, 1.82) is 0 Å². The van der Waals surface area contributed by atoms with Crippen molar-refractivity contribution in [1.82, 2.24) is 9.71 Å². The molecule has 1 aromatic heterocycles. The zero-order valence-corrected chi connectivity index (χ0v) is 14.4. The zero-order chi connectivity index (χ0) is 17.0. The Bertz CT molecular complexity index is 781. The number of anilines is 1. The lowest BCUT2D eigenvalue weighted by Gasteiger charge is -2.33. The van der Waals surface area contributed by atoms with Crippen molar-refractivity contribution in [3.63, 3.8) is 0 Å². The third-order valence-corrected chi connectivity index (χ3v) is 5.59. The first kappa shape index (κ1) is 16.7. The number of sulfonamides is 1. The minimum atomic E-state index is -3.58. The SMILES string of the molecule is COc1cccc(S(=O)(=O)NC2CCCN(c3ccccn3)C2)c1. The second-order valence-electron chi connectivity index (χ2n) is 5.77. The molecule has 24 heavy (non-hydrogen) atoms. The van der Waals surface area contributed by atoms with Crippen LogP contribution < -0.4 is 14.4 Å². The number of rotatable bonds is 5. The molecule has 128 valence electrons. The van der Waals surface area contributed by atoms with E-state index in [1.165, 1.54) is 13.2 Å². The lowest BCUT2D eigenvalue weighted by molar-refractivity contribution is 0.413. The van der Waals surface area contributed by atoms with Gasteiger partial charge in [-0.15, -0.1) is 0 Å². The third kappa shape index (κ3) is 3.85. The molecule has 1 aliphatic heterocycles. The van der Waals surface area contributed by atoms with Gasteiger partial charge in [0.2, 0.25) is 10.0 Å². The molecule has 2 heterocycles. The average molecular weight is 347 g/mol. The van der Waals surface area contributed by atoms with Gasteiger partial charge in [-0.05, 0) is 37.1 Å². The van der Waals surface area contributed by atoms with E-state index in [1.54, 1.807) is 24.4 Å². The normalized spacial score (nSPS) is 18.4. The van der Waals surface area contributed by atoms with Gasteiger partial charge < -0.3 is 9.64 Å². The summed E-state index contributed by atoms with van der Waals surface area (Å²) in [5.74, 6) is 1.40. The van der Waals surface area contributed by atoms with Gasteiger partial charge in [0, 0.05) is 31.4 Å². The van der Waals surface area contributed by atoms with Crippen molar-refractivity contribution in [2.24, 2.45) is 0 Å². The Balaban J connectivity index is 1.72. The van der Waals surface area contributed by atoms with Crippen molar-refractivity contribution < 1.29 is 13.2 Å². The van der Waals surface area contributed by atoms with Crippen molar-refractivity contribution in [3.8, 4) is 5.75 Å². The van der Waals surface area contributed by atoms with E-state index in [1.807, 2.05) is 18.2 Å². The molecule has 3 rings (SSSR count). The molecule has 0 saturated carbocycles. The van der Waals surface area contributed by atoms with Crippen LogP contribution in [0.4, 0.5) is 5.82 Å². The second-order valence-corrected chi connectivity index (χ2v) is 7.49. The molecule has 0 spiro atoms. The van der Waals surface area contributed by atoms with Crippen LogP contribution in [0.1, 0.15) is 12.8 Å². The fourth-order valence-electron chi connectivity index (χ4n) is 2.88. The number of pyridine rings is 1. The van der Waals surface area contributed by atoms with Gasteiger partial charge in [-0.3, -0.25) is 0 Å². The minimum Gasteiger partial charge on any atom is -0.497 e. The van der Waals surface area contributed by atoms with Gasteiger partial charge in [-0.2, -0.15) is 0 Å². The van der Waals surface area contributed by atoms with Crippen LogP contribution in [-0.2, 0) is 10.0 Å². The van der Waals surface area contributed by atoms with Crippen LogP contribution in [0.3, 0.4) is 0 Å². The molecule has 1 unspecified atom stereocenters. The fourth-order valence-corrected chi connectivity index (χ4v) is 4.17. The molecule has 0 aliphatic carbocycles. The predicted octanol–water partition coefficient (Wildman–Crippen LogP) is 2.04. The van der Waals surface area contributed by atoms with E-state index in [0.717, 1.165) is 25.2 Å². The Labute approximate surface area is 142 Å². The van der Waals surface area contributed by atoms with E-state index >= 15 is 0 Å². The van der Waals surface area contributed by atoms with Gasteiger partial charge in [0.25, 0.3) is 0 Å². The van der Waals surface area contributed by atoms with Crippen LogP contribution in [0, 0.1) is 0 Å². The number of ether oxygens (including phenoxy) is 1. The van der Waals surface area contributed by atoms with E-state index in [0.29, 0.717) is 12.3 Å². The highest BCUT2D eigenvalue weighted by Gasteiger charge is 2.26. The van der Waals surface area contributed by atoms with Gasteiger partial charge in [-0.25, -0.2) is 18.1 Å². The summed E-state index contributed by atoms with van der Waals surface area (Å²) in [6.07, 6.45) is 3.48. The number of methoxy groups -OCH3 is 1. The Hall–Kier alpha value is -2.12. The molecule has 1 aromatic carbocycles. The number of aromatic nitrogens is 1. The Morgan fingerprint density at radius 2 is 2.12 bits per heavy atom. The number of nitrogens with one attached hydrogen (secondary N) is 1. The van der Waals surface area contributed by atoms with Gasteiger partial charge in [0.1, 0.15) is 11.6 Å². The Kier molecular flexibility index (Phi) is 5.01. The molecule has 0 amide bonds. The topological polar surface area (TPSA) is 71.5 Å². The molecule has 1 saturated heterocycles. The average Bonchev–Trinajstić information content (AvgIpc) is 2.62. The standard InChI is InChI=1S/C17H21N3O3S/c1-23-15-7-4-8-16(12-15)24(21,22)19-14-6-5-11-20(13-14)17-9-2-3-10-18-17/h2-4,7-10,12,14,19H,5-6,11,13H2,1H3. The summed E-state index contributed by atoms with van der Waals surface area (Å²) < 4.78 is 33.1. The van der Waals surface area contributed by atoms with E-state index in [4.69, 9.17) is 4.74 Å². The Morgan fingerprint density at radius 3 is 2.88 bits per heavy atom. The van der Waals surface area contributed by atoms with Gasteiger partial charge in [-0.1, -0.05) is 12.1 Å². The molecule has 2 aromatic rings. The number of hydrogen-bond acceptors (Lipinski definition) is 5. The van der Waals surface area contributed by atoms with Crippen molar-refractivity contribution in [3.05, 3.63) is 48.7 Å². The highest BCUT2D eigenvalue weighted by Crippen LogP contribution is 2.21. The van der Waals surface area contributed by atoms with Gasteiger partial charge >= 0.3 is 0 Å². The van der Waals surface area contributed by atoms with Crippen molar-refractivity contribution in [2.75, 3.05) is 25.1 Å². The Morgan fingerprint density at radius 1 is 1.25 bits per heavy atom. The molecule has 0 radical (unpaired) electrons. The fraction of sp³-hybridized carbons (Fsp3) is 0.353. The summed E-state index contributed by atoms with van der Waals surface area (Å²) in [4.78, 5) is 6.68. The second kappa shape index (κ2) is 7.19. The van der Waals surface area contributed by atoms with Crippen molar-refractivity contribution in [2.45, 2.75) is 23.8 Å². The van der Waals surface area contributed by atoms with Crippen LogP contribution in [0.5, 0.6) is 5.75 Å². The molecule has 1 N–H and O–H groups in total. The molecule has 1 fully saturated rings. The van der Waals surface area contributed by atoms with Crippen LogP contribution in [0.15, 0.2) is 53.6 Å². The van der Waals surface area contributed by atoms with E-state index in [-0.39, 0.29) is 10.9 Å². The van der Waals surface area contributed by atoms with E-state index < -0.39 is 10.0 Å². The summed E-state index contributed by atoms with van der Waals surface area (Å²) in [5, 5.41) is 0. The first-order chi connectivity index (χ1) is 11.6. The maximum atomic E-state index is 12.6. The monoisotopic (exact) mass is 347 g/mol. The lowest BCUT2D eigenvalue weighted by atomic mass is 10.1. The van der Waals surface area contributed by atoms with E-state index in [9.17, 15) is 8.42 Å². The summed E-state index contributed by atoms with van der Waals surface area (Å²) in [6.45, 7) is 1.49. The maximum absolute atomic E-state index is 12.6. The highest BCUT2D eigenvalue weighted by atomic mass is 32.2. The largest absolute Gasteiger partial charge is 0.497 e. The smallest absolute Gasteiger partial charge is 0.241 e. The molecule has 6 nitrogen and oxygen atoms in total. The van der Waals surface area contributed by atoms with Crippen molar-refractivity contribution >= 4 is 15.8 Å². The molecule has 0 bridgehead atoms. The number of benzene rings is 1. The first-order valence-electron chi connectivity index (χ1n) is 7.91. The van der Waals surface area contributed by atoms with E-state index in [2.05, 4.69) is 14.6 Å². The summed E-state index contributed by atoms with van der Waals surface area (Å²) in [5.41, 5.74) is 0. The quantitative estimate of drug-likeness (QED) is 0.896. The highest BCUT2D eigenvalue weighted by molar-refractivity contribution is 7.89. The maximum Gasteiger partial charge on any atom is 0.241 e. The van der Waals surface area contributed by atoms with Gasteiger partial charge in [0.05, 0.1) is 12.0 Å². The molecule has 7 heteroatoms. The van der Waals surface area contributed by atoms with Crippen LogP contribution in [-0.4, -0.2) is 39.6 Å². The number of nitrogens with zero attached hydrogens (tertiary/aromatic N) is 2. The predicted molar refractivity (Wildman–Crippen MR) is 92.8 cm³/mol. The van der Waals surface area contributed by atoms with Crippen LogP contribution >= 0.6 is 0 Å². The zero-order valence-electron chi connectivity index (χ0n) is 13.6. The summed E-state index contributed by atoms with van der Waals surface area (Å²) in [6, 6.07) is 12.1.